The zero-order chi connectivity index (χ0) is 7.71. The van der Waals surface area contributed by atoms with Gasteiger partial charge in [0.2, 0.25) is 0 Å². The second kappa shape index (κ2) is 11.5. The molecule has 0 aliphatic heterocycles. The smallest absolute Gasteiger partial charge is 1.00 e. The van der Waals surface area contributed by atoms with Gasteiger partial charge in [-0.2, -0.15) is 4.31 Å². The second-order valence-electron chi connectivity index (χ2n) is 1.06. The first-order valence-corrected chi connectivity index (χ1v) is 4.59. The van der Waals surface area contributed by atoms with Crippen molar-refractivity contribution in [2.75, 3.05) is 0 Å². The molecule has 0 rings (SSSR count). The molecule has 1 radical (unpaired) electrons. The molecule has 13 heteroatoms. The fourth-order valence-corrected chi connectivity index (χ4v) is 1.25. The SMILES string of the molecule is Cl.Cl.O=P(O)(O)OP(=O)(O)O.[Co].[H-].[K+]. The van der Waals surface area contributed by atoms with Crippen molar-refractivity contribution in [3.05, 3.63) is 0 Å². The summed E-state index contributed by atoms with van der Waals surface area (Å²) in [5, 5.41) is 0. The van der Waals surface area contributed by atoms with Gasteiger partial charge in [0.15, 0.2) is 0 Å². The first kappa shape index (κ1) is 29.7. The average molecular weight is 350 g/mol. The Morgan fingerprint density at radius 1 is 0.923 bits per heavy atom. The fraction of sp³-hybridized carbons (Fsp3) is 0. The molecule has 0 amide bonds. The zero-order valence-corrected chi connectivity index (χ0v) is 13.6. The van der Waals surface area contributed by atoms with E-state index in [9.17, 15) is 9.13 Å². The van der Waals surface area contributed by atoms with E-state index < -0.39 is 15.6 Å². The maximum absolute atomic E-state index is 9.63. The Morgan fingerprint density at radius 2 is 1.08 bits per heavy atom. The molecule has 0 aromatic rings. The van der Waals surface area contributed by atoms with Crippen molar-refractivity contribution in [3.8, 4) is 0 Å². The summed E-state index contributed by atoms with van der Waals surface area (Å²) in [6.07, 6.45) is 0. The molecule has 0 aliphatic carbocycles. The van der Waals surface area contributed by atoms with Crippen LogP contribution >= 0.6 is 40.5 Å². The van der Waals surface area contributed by atoms with Crippen molar-refractivity contribution in [2.45, 2.75) is 0 Å². The van der Waals surface area contributed by atoms with Gasteiger partial charge >= 0.3 is 67.0 Å². The Labute approximate surface area is 141 Å². The monoisotopic (exact) mass is 349 g/mol. The van der Waals surface area contributed by atoms with E-state index >= 15 is 0 Å². The van der Waals surface area contributed by atoms with Gasteiger partial charge in [-0.25, -0.2) is 9.13 Å². The van der Waals surface area contributed by atoms with Crippen LogP contribution in [0.3, 0.4) is 0 Å². The van der Waals surface area contributed by atoms with E-state index in [1.807, 2.05) is 0 Å². The van der Waals surface area contributed by atoms with Crippen LogP contribution in [0.25, 0.3) is 0 Å². The minimum Gasteiger partial charge on any atom is -1.00 e. The average Bonchev–Trinajstić information content (AvgIpc) is 1.14. The van der Waals surface area contributed by atoms with Crippen LogP contribution < -0.4 is 51.4 Å². The molecule has 13 heavy (non-hydrogen) atoms. The topological polar surface area (TPSA) is 124 Å². The summed E-state index contributed by atoms with van der Waals surface area (Å²) in [5.74, 6) is 0. The van der Waals surface area contributed by atoms with Gasteiger partial charge in [-0.1, -0.05) is 0 Å². The molecule has 0 saturated heterocycles. The van der Waals surface area contributed by atoms with Crippen molar-refractivity contribution < 1.29 is 103 Å². The Kier molecular flexibility index (Phi) is 26.2. The van der Waals surface area contributed by atoms with E-state index in [-0.39, 0.29) is 94.4 Å². The molecular weight excluding hydrogens is 343 g/mol. The predicted octanol–water partition coefficient (Wildman–Crippen LogP) is -2.85. The van der Waals surface area contributed by atoms with Crippen LogP contribution in [0, 0.1) is 0 Å². The standard InChI is InChI=1S/2ClH.Co.K.H4O7P2.H/c;;;;1-8(2,3)7-9(4,5)6;/h2*1H;;;(H2,1,2,3)(H2,4,5,6);/q;;;+1;;-1. The molecule has 0 aromatic carbocycles. The van der Waals surface area contributed by atoms with Gasteiger partial charge in [0.1, 0.15) is 0 Å². The zero-order valence-electron chi connectivity index (χ0n) is 7.06. The maximum Gasteiger partial charge on any atom is 1.00 e. The van der Waals surface area contributed by atoms with Crippen molar-refractivity contribution in [1.82, 2.24) is 0 Å². The van der Waals surface area contributed by atoms with Gasteiger partial charge in [-0.05, 0) is 0 Å². The summed E-state index contributed by atoms with van der Waals surface area (Å²) in [4.78, 5) is 31.0. The third-order valence-electron chi connectivity index (χ3n) is 0.213. The number of hydrogen-bond acceptors (Lipinski definition) is 3. The second-order valence-corrected chi connectivity index (χ2v) is 3.68. The van der Waals surface area contributed by atoms with E-state index in [2.05, 4.69) is 4.31 Å². The van der Waals surface area contributed by atoms with Crippen molar-refractivity contribution in [1.29, 1.82) is 0 Å². The van der Waals surface area contributed by atoms with E-state index in [0.29, 0.717) is 0 Å². The number of rotatable bonds is 2. The van der Waals surface area contributed by atoms with Crippen LogP contribution in [-0.4, -0.2) is 19.6 Å². The predicted molar refractivity (Wildman–Crippen MR) is 40.8 cm³/mol. The normalized spacial score (nSPS) is 9.54. The third-order valence-corrected chi connectivity index (χ3v) is 1.91. The Bertz CT molecular complexity index is 170. The van der Waals surface area contributed by atoms with Crippen molar-refractivity contribution in [3.63, 3.8) is 0 Å². The molecule has 83 valence electrons. The molecule has 0 spiro atoms. The molecule has 0 heterocycles. The van der Waals surface area contributed by atoms with Gasteiger partial charge in [-0.15, -0.1) is 24.8 Å². The van der Waals surface area contributed by atoms with Crippen LogP contribution in [-0.2, 0) is 30.2 Å². The Balaban J connectivity index is -0.0000000320. The number of hydrogen-bond donors (Lipinski definition) is 4. The largest absolute Gasteiger partial charge is 1.00 e. The van der Waals surface area contributed by atoms with Crippen LogP contribution in [0.15, 0.2) is 0 Å². The molecule has 0 saturated carbocycles. The van der Waals surface area contributed by atoms with Gasteiger partial charge in [0.25, 0.3) is 0 Å². The first-order valence-electron chi connectivity index (χ1n) is 1.53. The van der Waals surface area contributed by atoms with E-state index in [4.69, 9.17) is 19.6 Å². The van der Waals surface area contributed by atoms with Crippen LogP contribution in [0.4, 0.5) is 0 Å². The molecule has 0 bridgehead atoms. The summed E-state index contributed by atoms with van der Waals surface area (Å²) >= 11 is 0. The van der Waals surface area contributed by atoms with Gasteiger partial charge < -0.3 is 21.0 Å². The Morgan fingerprint density at radius 3 is 1.08 bits per heavy atom. The van der Waals surface area contributed by atoms with Crippen LogP contribution in [0.1, 0.15) is 1.43 Å². The summed E-state index contributed by atoms with van der Waals surface area (Å²) in [6.45, 7) is 0. The molecular formula is H7Cl2CoKO7P2. The first-order chi connectivity index (χ1) is 3.71. The van der Waals surface area contributed by atoms with Crippen LogP contribution in [0.2, 0.25) is 0 Å². The summed E-state index contributed by atoms with van der Waals surface area (Å²) < 4.78 is 22.2. The van der Waals surface area contributed by atoms with Crippen molar-refractivity contribution in [2.24, 2.45) is 0 Å². The molecule has 0 fully saturated rings. The van der Waals surface area contributed by atoms with E-state index in [1.165, 1.54) is 0 Å². The molecule has 7 nitrogen and oxygen atoms in total. The van der Waals surface area contributed by atoms with E-state index in [1.54, 1.807) is 0 Å². The summed E-state index contributed by atoms with van der Waals surface area (Å²) in [5.41, 5.74) is 0. The molecule has 4 N–H and O–H groups in total. The molecule has 0 atom stereocenters. The van der Waals surface area contributed by atoms with Crippen LogP contribution in [0.5, 0.6) is 0 Å². The minimum atomic E-state index is -5.05. The molecule has 0 aliphatic rings. The summed E-state index contributed by atoms with van der Waals surface area (Å²) in [6, 6.07) is 0. The quantitative estimate of drug-likeness (QED) is 0.312. The molecule has 0 unspecified atom stereocenters. The van der Waals surface area contributed by atoms with Crippen molar-refractivity contribution >= 4 is 40.5 Å². The summed E-state index contributed by atoms with van der Waals surface area (Å²) in [7, 11) is -10.1. The fourth-order valence-electron chi connectivity index (χ4n) is 0.139. The maximum atomic E-state index is 9.63. The number of phosphoric acid groups is 2. The Hall–Kier alpha value is 2.98. The van der Waals surface area contributed by atoms with E-state index in [0.717, 1.165) is 0 Å². The minimum absolute atomic E-state index is 0. The molecule has 0 aromatic heterocycles. The van der Waals surface area contributed by atoms with Gasteiger partial charge in [-0.3, -0.25) is 0 Å². The third kappa shape index (κ3) is 31.3. The van der Waals surface area contributed by atoms with Gasteiger partial charge in [0, 0.05) is 16.8 Å². The number of halogens is 2. The van der Waals surface area contributed by atoms with Gasteiger partial charge in [0.05, 0.1) is 0 Å².